The summed E-state index contributed by atoms with van der Waals surface area (Å²) in [6, 6.07) is 6.60. The van der Waals surface area contributed by atoms with Crippen molar-refractivity contribution in [1.82, 2.24) is 19.4 Å². The monoisotopic (exact) mass is 512 g/mol. The first-order chi connectivity index (χ1) is 17.8. The summed E-state index contributed by atoms with van der Waals surface area (Å²) in [6.45, 7) is 1.18. The normalized spacial score (nSPS) is 19.4. The number of aromatic nitrogens is 3. The molecule has 1 atom stereocenters. The van der Waals surface area contributed by atoms with Gasteiger partial charge in [0.25, 0.3) is 18.6 Å². The van der Waals surface area contributed by atoms with Crippen molar-refractivity contribution in [1.29, 1.82) is 0 Å². The van der Waals surface area contributed by atoms with Gasteiger partial charge in [0.05, 0.1) is 29.1 Å². The minimum absolute atomic E-state index is 0.0386. The third-order valence-electron chi connectivity index (χ3n) is 6.92. The second-order valence-corrected chi connectivity index (χ2v) is 9.16. The number of nitrogens with zero attached hydrogens (tertiary/aromatic N) is 5. The van der Waals surface area contributed by atoms with E-state index in [1.807, 2.05) is 0 Å². The Hall–Kier alpha value is -3.73. The zero-order valence-electron chi connectivity index (χ0n) is 20.5. The van der Waals surface area contributed by atoms with Gasteiger partial charge in [-0.1, -0.05) is 12.1 Å². The van der Waals surface area contributed by atoms with Crippen molar-refractivity contribution in [2.24, 2.45) is 10.7 Å². The highest BCUT2D eigenvalue weighted by atomic mass is 19.3. The van der Waals surface area contributed by atoms with Crippen LogP contribution in [0.1, 0.15) is 54.3 Å². The highest BCUT2D eigenvalue weighted by molar-refractivity contribution is 6.10. The van der Waals surface area contributed by atoms with Gasteiger partial charge >= 0.3 is 0 Å². The second kappa shape index (κ2) is 9.97. The molecule has 3 aromatic rings. The molecule has 2 aliphatic heterocycles. The number of carbonyl (C=O) groups excluding carboxylic acids is 1. The van der Waals surface area contributed by atoms with Gasteiger partial charge in [-0.2, -0.15) is 0 Å². The number of benzene rings is 1. The third kappa shape index (κ3) is 4.26. The van der Waals surface area contributed by atoms with Crippen LogP contribution in [0.2, 0.25) is 0 Å². The van der Waals surface area contributed by atoms with E-state index >= 15 is 4.39 Å². The highest BCUT2D eigenvalue weighted by Gasteiger charge is 2.38. The van der Waals surface area contributed by atoms with Crippen molar-refractivity contribution in [3.63, 3.8) is 0 Å². The highest BCUT2D eigenvalue weighted by Crippen LogP contribution is 2.41. The molecule has 1 aromatic carbocycles. The molecular formula is C26H27F3N6O2. The maximum Gasteiger partial charge on any atom is 0.278 e. The first kappa shape index (κ1) is 24.9. The Morgan fingerprint density at radius 3 is 2.70 bits per heavy atom. The Labute approximate surface area is 211 Å². The van der Waals surface area contributed by atoms with Gasteiger partial charge in [-0.25, -0.2) is 23.1 Å². The van der Waals surface area contributed by atoms with E-state index in [-0.39, 0.29) is 29.3 Å². The number of ether oxygens (including phenoxy) is 1. The number of likely N-dealkylation sites (N-methyl/N-ethyl adjacent to an activating group) is 1. The molecule has 2 aliphatic rings. The topological polar surface area (TPSA) is 98.6 Å². The fourth-order valence-corrected chi connectivity index (χ4v) is 5.08. The number of alkyl halides is 3. The van der Waals surface area contributed by atoms with Crippen LogP contribution in [0, 0.1) is 0 Å². The van der Waals surface area contributed by atoms with Gasteiger partial charge in [0.2, 0.25) is 0 Å². The number of fused-ring (bicyclic) bond motifs is 2. The molecule has 2 aromatic heterocycles. The third-order valence-corrected chi connectivity index (χ3v) is 6.92. The lowest BCUT2D eigenvalue weighted by Gasteiger charge is -2.30. The van der Waals surface area contributed by atoms with E-state index in [4.69, 9.17) is 15.5 Å². The van der Waals surface area contributed by atoms with Gasteiger partial charge in [0.1, 0.15) is 5.82 Å². The summed E-state index contributed by atoms with van der Waals surface area (Å²) in [5.41, 5.74) is 7.66. The molecule has 0 spiro atoms. The minimum Gasteiger partial charge on any atom is -0.404 e. The molecule has 1 amide bonds. The van der Waals surface area contributed by atoms with Crippen LogP contribution < -0.4 is 5.73 Å². The maximum absolute atomic E-state index is 15.5. The summed E-state index contributed by atoms with van der Waals surface area (Å²) in [7, 11) is 3.05. The molecule has 1 fully saturated rings. The summed E-state index contributed by atoms with van der Waals surface area (Å²) in [5.74, 6) is -0.254. The van der Waals surface area contributed by atoms with Crippen molar-refractivity contribution >= 4 is 28.6 Å². The molecule has 194 valence electrons. The van der Waals surface area contributed by atoms with Crippen LogP contribution in [0.15, 0.2) is 35.5 Å². The number of pyridine rings is 1. The first-order valence-corrected chi connectivity index (χ1v) is 12.0. The number of rotatable bonds is 5. The van der Waals surface area contributed by atoms with Crippen LogP contribution in [0.3, 0.4) is 0 Å². The van der Waals surface area contributed by atoms with E-state index in [0.717, 1.165) is 0 Å². The minimum atomic E-state index is -2.83. The van der Waals surface area contributed by atoms with E-state index < -0.39 is 18.6 Å². The summed E-state index contributed by atoms with van der Waals surface area (Å²) in [6.07, 6.45) is -0.866. The second-order valence-electron chi connectivity index (χ2n) is 9.16. The van der Waals surface area contributed by atoms with E-state index in [9.17, 15) is 13.6 Å². The first-order valence-electron chi connectivity index (χ1n) is 12.0. The molecular weight excluding hydrogens is 485 g/mol. The number of aliphatic imine (C=N–C) groups is 1. The zero-order valence-corrected chi connectivity index (χ0v) is 20.5. The number of carbonyl (C=O) groups is 1. The number of imidazole rings is 1. The molecule has 0 bridgehead atoms. The van der Waals surface area contributed by atoms with Crippen LogP contribution in [0.4, 0.5) is 13.2 Å². The molecule has 0 aliphatic carbocycles. The number of hydrogen-bond donors (Lipinski definition) is 1. The van der Waals surface area contributed by atoms with Crippen molar-refractivity contribution in [2.45, 2.75) is 38.0 Å². The largest absolute Gasteiger partial charge is 0.404 e. The Kier molecular flexibility index (Phi) is 6.72. The molecule has 5 rings (SSSR count). The SMILES string of the molecule is CN=CC(=CN)c1nc2cccc(-c3nc(C4CCOCC4)n4c3CN(C)C(=O)C4F)c2cc1C(F)F. The molecule has 1 saturated heterocycles. The van der Waals surface area contributed by atoms with Gasteiger partial charge in [0.15, 0.2) is 0 Å². The Bertz CT molecular complexity index is 1410. The fourth-order valence-electron chi connectivity index (χ4n) is 5.08. The molecule has 11 heteroatoms. The van der Waals surface area contributed by atoms with Crippen molar-refractivity contribution in [3.05, 3.63) is 53.2 Å². The predicted octanol–water partition coefficient (Wildman–Crippen LogP) is 4.37. The Morgan fingerprint density at radius 2 is 2.03 bits per heavy atom. The van der Waals surface area contributed by atoms with Gasteiger partial charge in [-0.3, -0.25) is 14.4 Å². The molecule has 4 heterocycles. The summed E-state index contributed by atoms with van der Waals surface area (Å²) in [4.78, 5) is 27.1. The molecule has 0 radical (unpaired) electrons. The van der Waals surface area contributed by atoms with E-state index in [0.29, 0.717) is 59.7 Å². The number of allylic oxidation sites excluding steroid dienone is 1. The maximum atomic E-state index is 15.5. The molecule has 2 N–H and O–H groups in total. The Morgan fingerprint density at radius 1 is 1.27 bits per heavy atom. The number of hydrogen-bond acceptors (Lipinski definition) is 6. The average Bonchev–Trinajstić information content (AvgIpc) is 3.28. The van der Waals surface area contributed by atoms with Gasteiger partial charge < -0.3 is 15.4 Å². The van der Waals surface area contributed by atoms with E-state index in [1.165, 1.54) is 42.0 Å². The summed E-state index contributed by atoms with van der Waals surface area (Å²) < 4.78 is 50.7. The van der Waals surface area contributed by atoms with Gasteiger partial charge in [-0.05, 0) is 25.0 Å². The molecule has 1 unspecified atom stereocenters. The van der Waals surface area contributed by atoms with E-state index in [1.54, 1.807) is 18.2 Å². The standard InChI is InChI=1S/C26H27F3N6O2/c1-31-12-15(11-30)21-18(23(27)28)10-17-16(4-3-5-19(17)32-21)22-20-13-34(2)26(36)24(29)35(20)25(33-22)14-6-8-37-9-7-14/h3-5,10-12,14,23-24H,6-9,13,30H2,1-2H3. The molecule has 37 heavy (non-hydrogen) atoms. The van der Waals surface area contributed by atoms with Crippen molar-refractivity contribution in [3.8, 4) is 11.3 Å². The van der Waals surface area contributed by atoms with Crippen LogP contribution in [-0.4, -0.2) is 58.9 Å². The summed E-state index contributed by atoms with van der Waals surface area (Å²) >= 11 is 0. The Balaban J connectivity index is 1.75. The lowest BCUT2D eigenvalue weighted by atomic mass is 9.99. The van der Waals surface area contributed by atoms with Crippen molar-refractivity contribution in [2.75, 3.05) is 27.3 Å². The quantitative estimate of drug-likeness (QED) is 0.512. The fraction of sp³-hybridized carbons (Fsp3) is 0.385. The van der Waals surface area contributed by atoms with Crippen LogP contribution in [-0.2, 0) is 16.1 Å². The van der Waals surface area contributed by atoms with Crippen LogP contribution in [0.25, 0.3) is 27.7 Å². The number of nitrogens with two attached hydrogens (primary N) is 1. The van der Waals surface area contributed by atoms with Crippen LogP contribution in [0.5, 0.6) is 0 Å². The van der Waals surface area contributed by atoms with Crippen molar-refractivity contribution < 1.29 is 22.7 Å². The van der Waals surface area contributed by atoms with E-state index in [2.05, 4.69) is 9.98 Å². The smallest absolute Gasteiger partial charge is 0.278 e. The van der Waals surface area contributed by atoms with Gasteiger partial charge in [0, 0.05) is 67.7 Å². The van der Waals surface area contributed by atoms with Gasteiger partial charge in [-0.15, -0.1) is 0 Å². The lowest BCUT2D eigenvalue weighted by Crippen LogP contribution is -2.39. The average molecular weight is 513 g/mol. The lowest BCUT2D eigenvalue weighted by molar-refractivity contribution is -0.141. The summed E-state index contributed by atoms with van der Waals surface area (Å²) in [5, 5.41) is 0.445. The predicted molar refractivity (Wildman–Crippen MR) is 134 cm³/mol. The number of amides is 1. The molecule has 0 saturated carbocycles. The van der Waals surface area contributed by atoms with Crippen LogP contribution >= 0.6 is 0 Å². The molecule has 8 nitrogen and oxygen atoms in total. The zero-order chi connectivity index (χ0) is 26.3. The number of halogens is 3.